The molecule has 2 atom stereocenters. The number of benzene rings is 4. The summed E-state index contributed by atoms with van der Waals surface area (Å²) in [5.41, 5.74) is 6.81. The quantitative estimate of drug-likeness (QED) is 0.327. The van der Waals surface area contributed by atoms with Crippen molar-refractivity contribution in [2.45, 2.75) is 31.8 Å². The van der Waals surface area contributed by atoms with E-state index in [1.807, 2.05) is 47.4 Å². The van der Waals surface area contributed by atoms with Crippen molar-refractivity contribution in [1.82, 2.24) is 9.47 Å². The topological polar surface area (TPSA) is 54.3 Å². The molecule has 0 bridgehead atoms. The first-order valence-electron chi connectivity index (χ1n) is 12.9. The Labute approximate surface area is 215 Å². The van der Waals surface area contributed by atoms with Crippen molar-refractivity contribution >= 4 is 39.3 Å². The van der Waals surface area contributed by atoms with Gasteiger partial charge in [0, 0.05) is 46.1 Å². The maximum atomic E-state index is 14.1. The van der Waals surface area contributed by atoms with Gasteiger partial charge < -0.3 is 14.8 Å². The number of hydrogen-bond donors (Lipinski definition) is 1. The monoisotopic (exact) mass is 485 g/mol. The Bertz CT molecular complexity index is 1720. The Balaban J connectivity index is 1.33. The Hall–Kier alpha value is -4.38. The van der Waals surface area contributed by atoms with Crippen LogP contribution in [-0.4, -0.2) is 27.8 Å². The molecule has 0 aliphatic carbocycles. The van der Waals surface area contributed by atoms with E-state index in [1.165, 1.54) is 16.5 Å². The van der Waals surface area contributed by atoms with Crippen LogP contribution in [0.15, 0.2) is 91.0 Å². The molecule has 0 fully saturated rings. The van der Waals surface area contributed by atoms with Crippen molar-refractivity contribution in [3.63, 3.8) is 0 Å². The minimum absolute atomic E-state index is 0.00736. The molecule has 5 heteroatoms. The predicted molar refractivity (Wildman–Crippen MR) is 147 cm³/mol. The van der Waals surface area contributed by atoms with Gasteiger partial charge in [0.1, 0.15) is 0 Å². The van der Waals surface area contributed by atoms with Gasteiger partial charge in [-0.05, 0) is 60.4 Å². The third-order valence-corrected chi connectivity index (χ3v) is 8.07. The van der Waals surface area contributed by atoms with E-state index in [-0.39, 0.29) is 17.9 Å². The van der Waals surface area contributed by atoms with Crippen molar-refractivity contribution < 1.29 is 9.59 Å². The van der Waals surface area contributed by atoms with E-state index in [0.717, 1.165) is 40.7 Å². The van der Waals surface area contributed by atoms with Crippen molar-refractivity contribution in [1.29, 1.82) is 0 Å². The number of anilines is 1. The van der Waals surface area contributed by atoms with Crippen LogP contribution in [0.2, 0.25) is 0 Å². The molecule has 2 aliphatic heterocycles. The van der Waals surface area contributed by atoms with Gasteiger partial charge in [-0.15, -0.1) is 0 Å². The molecule has 37 heavy (non-hydrogen) atoms. The minimum atomic E-state index is -0.497. The van der Waals surface area contributed by atoms with Gasteiger partial charge in [0.05, 0.1) is 12.0 Å². The summed E-state index contributed by atoms with van der Waals surface area (Å²) >= 11 is 0. The third kappa shape index (κ3) is 3.23. The zero-order chi connectivity index (χ0) is 25.1. The summed E-state index contributed by atoms with van der Waals surface area (Å²) in [5.74, 6) is -0.582. The minimum Gasteiger partial charge on any atom is -0.341 e. The lowest BCUT2D eigenvalue weighted by molar-refractivity contribution is -0.119. The van der Waals surface area contributed by atoms with Gasteiger partial charge in [0.25, 0.3) is 5.91 Å². The van der Waals surface area contributed by atoms with Crippen molar-refractivity contribution in [3.8, 4) is 0 Å². The SMILES string of the molecule is CCn1c2ccccc2c2cc(NC(=O)[C@H]3c4ccccc4C(=O)N4CCc5ccccc5[C@H]34)ccc21. The molecule has 1 aromatic heterocycles. The summed E-state index contributed by atoms with van der Waals surface area (Å²) in [6.45, 7) is 3.64. The summed E-state index contributed by atoms with van der Waals surface area (Å²) in [4.78, 5) is 29.5. The van der Waals surface area contributed by atoms with Gasteiger partial charge >= 0.3 is 0 Å². The van der Waals surface area contributed by atoms with Crippen LogP contribution < -0.4 is 5.32 Å². The largest absolute Gasteiger partial charge is 0.341 e. The van der Waals surface area contributed by atoms with Crippen LogP contribution in [0.4, 0.5) is 5.69 Å². The summed E-state index contributed by atoms with van der Waals surface area (Å²) in [6, 6.07) is 30.0. The second kappa shape index (κ2) is 8.34. The third-order valence-electron chi connectivity index (χ3n) is 8.07. The number of nitrogens with zero attached hydrogens (tertiary/aromatic N) is 2. The molecule has 0 unspecified atom stereocenters. The molecule has 0 saturated carbocycles. The van der Waals surface area contributed by atoms with E-state index < -0.39 is 5.92 Å². The zero-order valence-corrected chi connectivity index (χ0v) is 20.6. The molecule has 2 amide bonds. The number of fused-ring (bicyclic) bond motifs is 7. The molecule has 4 aromatic carbocycles. The van der Waals surface area contributed by atoms with E-state index in [9.17, 15) is 9.59 Å². The fourth-order valence-electron chi connectivity index (χ4n) is 6.45. The van der Waals surface area contributed by atoms with Crippen LogP contribution in [0.5, 0.6) is 0 Å². The highest BCUT2D eigenvalue weighted by Crippen LogP contribution is 2.46. The Morgan fingerprint density at radius 2 is 1.59 bits per heavy atom. The normalized spacial score (nSPS) is 18.4. The summed E-state index contributed by atoms with van der Waals surface area (Å²) in [6.07, 6.45) is 0.799. The number of nitrogens with one attached hydrogen (secondary N) is 1. The maximum absolute atomic E-state index is 14.1. The Morgan fingerprint density at radius 1 is 0.865 bits per heavy atom. The molecular formula is C32H27N3O2. The first-order chi connectivity index (χ1) is 18.2. The highest BCUT2D eigenvalue weighted by Gasteiger charge is 2.46. The van der Waals surface area contributed by atoms with E-state index in [0.29, 0.717) is 12.1 Å². The molecule has 2 aliphatic rings. The number of carbonyl (C=O) groups is 2. The smallest absolute Gasteiger partial charge is 0.254 e. The Morgan fingerprint density at radius 3 is 2.46 bits per heavy atom. The standard InChI is InChI=1S/C32H27N3O2/c1-2-34-27-14-8-7-11-23(27)26-19-21(15-16-28(26)34)33-31(36)29-24-12-5-6-13-25(24)32(37)35-18-17-20-9-3-4-10-22(20)30(29)35/h3-16,19,29-30H,2,17-18H2,1H3,(H,33,36)/t29-,30+/m0/s1. The number of amides is 2. The second-order valence-corrected chi connectivity index (χ2v) is 9.94. The number of aryl methyl sites for hydroxylation is 1. The average molecular weight is 486 g/mol. The summed E-state index contributed by atoms with van der Waals surface area (Å²) in [5, 5.41) is 5.53. The van der Waals surface area contributed by atoms with Crippen molar-refractivity contribution in [3.05, 3.63) is 113 Å². The van der Waals surface area contributed by atoms with Gasteiger partial charge in [-0.25, -0.2) is 0 Å². The lowest BCUT2D eigenvalue weighted by Gasteiger charge is -2.45. The van der Waals surface area contributed by atoms with Crippen LogP contribution in [-0.2, 0) is 17.8 Å². The van der Waals surface area contributed by atoms with Crippen LogP contribution in [0.1, 0.15) is 45.9 Å². The van der Waals surface area contributed by atoms with E-state index in [2.05, 4.69) is 65.3 Å². The number of aromatic nitrogens is 1. The number of para-hydroxylation sites is 1. The van der Waals surface area contributed by atoms with Crippen molar-refractivity contribution in [2.75, 3.05) is 11.9 Å². The number of hydrogen-bond acceptors (Lipinski definition) is 2. The van der Waals surface area contributed by atoms with Crippen LogP contribution in [0.3, 0.4) is 0 Å². The fourth-order valence-corrected chi connectivity index (χ4v) is 6.45. The molecule has 3 heterocycles. The van der Waals surface area contributed by atoms with Crippen LogP contribution in [0.25, 0.3) is 21.8 Å². The van der Waals surface area contributed by atoms with Crippen LogP contribution in [0, 0.1) is 0 Å². The van der Waals surface area contributed by atoms with Gasteiger partial charge in [-0.1, -0.05) is 60.7 Å². The summed E-state index contributed by atoms with van der Waals surface area (Å²) in [7, 11) is 0. The second-order valence-electron chi connectivity index (χ2n) is 9.94. The molecule has 5 nitrogen and oxygen atoms in total. The van der Waals surface area contributed by atoms with E-state index >= 15 is 0 Å². The van der Waals surface area contributed by atoms with Crippen LogP contribution >= 0.6 is 0 Å². The number of rotatable bonds is 3. The molecule has 0 saturated heterocycles. The zero-order valence-electron chi connectivity index (χ0n) is 20.6. The highest BCUT2D eigenvalue weighted by molar-refractivity contribution is 6.10. The maximum Gasteiger partial charge on any atom is 0.254 e. The lowest BCUT2D eigenvalue weighted by atomic mass is 9.76. The van der Waals surface area contributed by atoms with E-state index in [1.54, 1.807) is 0 Å². The molecule has 0 radical (unpaired) electrons. The van der Waals surface area contributed by atoms with Gasteiger partial charge in [-0.2, -0.15) is 0 Å². The molecular weight excluding hydrogens is 458 g/mol. The van der Waals surface area contributed by atoms with Crippen molar-refractivity contribution in [2.24, 2.45) is 0 Å². The summed E-state index contributed by atoms with van der Waals surface area (Å²) < 4.78 is 2.30. The molecule has 7 rings (SSSR count). The lowest BCUT2D eigenvalue weighted by Crippen LogP contribution is -2.49. The van der Waals surface area contributed by atoms with Gasteiger partial charge in [0.15, 0.2) is 0 Å². The highest BCUT2D eigenvalue weighted by atomic mass is 16.2. The number of carbonyl (C=O) groups excluding carboxylic acids is 2. The fraction of sp³-hybridized carbons (Fsp3) is 0.188. The average Bonchev–Trinajstić information content (AvgIpc) is 3.26. The molecule has 182 valence electrons. The molecule has 5 aromatic rings. The first-order valence-corrected chi connectivity index (χ1v) is 12.9. The van der Waals surface area contributed by atoms with E-state index in [4.69, 9.17) is 0 Å². The molecule has 1 N–H and O–H groups in total. The first kappa shape index (κ1) is 21.9. The van der Waals surface area contributed by atoms with Gasteiger partial charge in [-0.3, -0.25) is 9.59 Å². The predicted octanol–water partition coefficient (Wildman–Crippen LogP) is 6.29. The molecule has 0 spiro atoms. The Kier molecular flexibility index (Phi) is 4.93. The van der Waals surface area contributed by atoms with Gasteiger partial charge in [0.2, 0.25) is 5.91 Å².